The quantitative estimate of drug-likeness (QED) is 0.0243. The van der Waals surface area contributed by atoms with Gasteiger partial charge in [-0.05, 0) is 64.2 Å². The average Bonchev–Trinajstić information content (AvgIpc) is 3.47. The molecule has 0 aromatic carbocycles. The molecule has 3 unspecified atom stereocenters. The fraction of sp³-hybridized carbons (Fsp3) is 0.822. The van der Waals surface area contributed by atoms with Gasteiger partial charge < -0.3 is 19.8 Å². The van der Waals surface area contributed by atoms with E-state index in [0.29, 0.717) is 17.4 Å². The van der Waals surface area contributed by atoms with Gasteiger partial charge in [0.25, 0.3) is 0 Å². The fourth-order valence-electron chi connectivity index (χ4n) is 10.5. The number of nitrogens with one attached hydrogen (secondary N) is 1. The average molecular weight is 1170 g/mol. The molecular formula is C73H138N2O6P+. The molecule has 0 saturated heterocycles. The highest BCUT2D eigenvalue weighted by Crippen LogP contribution is 2.43. The van der Waals surface area contributed by atoms with Gasteiger partial charge in [0.2, 0.25) is 5.91 Å². The van der Waals surface area contributed by atoms with Crippen molar-refractivity contribution in [3.05, 3.63) is 72.9 Å². The Balaban J connectivity index is 4.05. The first-order valence-corrected chi connectivity index (χ1v) is 36.8. The monoisotopic (exact) mass is 1170 g/mol. The third-order valence-electron chi connectivity index (χ3n) is 15.9. The second kappa shape index (κ2) is 63.4. The van der Waals surface area contributed by atoms with E-state index in [4.69, 9.17) is 9.05 Å². The van der Waals surface area contributed by atoms with Crippen LogP contribution >= 0.6 is 7.82 Å². The number of allylic oxidation sites excluding steroid dienone is 11. The molecule has 0 aliphatic heterocycles. The molecule has 0 aromatic heterocycles. The number of phosphoric acid groups is 1. The van der Waals surface area contributed by atoms with E-state index >= 15 is 0 Å². The highest BCUT2D eigenvalue weighted by atomic mass is 31.2. The first kappa shape index (κ1) is 79.9. The van der Waals surface area contributed by atoms with Crippen LogP contribution in [0.2, 0.25) is 0 Å². The minimum atomic E-state index is -4.36. The van der Waals surface area contributed by atoms with Crippen LogP contribution in [0, 0.1) is 0 Å². The van der Waals surface area contributed by atoms with Crippen molar-refractivity contribution in [3.8, 4) is 0 Å². The molecule has 82 heavy (non-hydrogen) atoms. The van der Waals surface area contributed by atoms with E-state index in [1.54, 1.807) is 6.08 Å². The predicted octanol–water partition coefficient (Wildman–Crippen LogP) is 22.6. The van der Waals surface area contributed by atoms with Crippen molar-refractivity contribution in [2.24, 2.45) is 0 Å². The van der Waals surface area contributed by atoms with E-state index in [1.165, 1.54) is 244 Å². The first-order valence-electron chi connectivity index (χ1n) is 35.3. The summed E-state index contributed by atoms with van der Waals surface area (Å²) in [6.07, 6.45) is 89.0. The van der Waals surface area contributed by atoms with Gasteiger partial charge in [0.05, 0.1) is 39.9 Å². The molecule has 0 radical (unpaired) electrons. The highest BCUT2D eigenvalue weighted by Gasteiger charge is 2.28. The van der Waals surface area contributed by atoms with Gasteiger partial charge in [-0.15, -0.1) is 0 Å². The van der Waals surface area contributed by atoms with Gasteiger partial charge in [-0.3, -0.25) is 13.8 Å². The largest absolute Gasteiger partial charge is 0.472 e. The number of quaternary nitrogens is 1. The van der Waals surface area contributed by atoms with Crippen LogP contribution in [0.15, 0.2) is 72.9 Å². The van der Waals surface area contributed by atoms with Crippen molar-refractivity contribution < 1.29 is 32.9 Å². The van der Waals surface area contributed by atoms with Crippen LogP contribution in [0.25, 0.3) is 0 Å². The number of amides is 1. The third kappa shape index (κ3) is 65.5. The number of aliphatic hydroxyl groups is 1. The van der Waals surface area contributed by atoms with Crippen LogP contribution in [0.1, 0.15) is 335 Å². The summed E-state index contributed by atoms with van der Waals surface area (Å²) in [4.78, 5) is 23.4. The number of phosphoric ester groups is 1. The van der Waals surface area contributed by atoms with Gasteiger partial charge in [0, 0.05) is 6.42 Å². The third-order valence-corrected chi connectivity index (χ3v) is 16.9. The lowest BCUT2D eigenvalue weighted by atomic mass is 10.0. The minimum absolute atomic E-state index is 0.0612. The summed E-state index contributed by atoms with van der Waals surface area (Å²) < 4.78 is 23.8. The number of carbonyl (C=O) groups is 1. The number of unbranched alkanes of at least 4 members (excludes halogenated alkanes) is 42. The summed E-state index contributed by atoms with van der Waals surface area (Å²) in [5, 5.41) is 14.0. The lowest BCUT2D eigenvalue weighted by molar-refractivity contribution is -0.870. The SMILES string of the molecule is CC/C=C\C/C=C\C/C=C\C/C=C\C/C=C\CCCCCCCCCCCCCCCCCCCC(=O)NC(COP(=O)(O)OCC[N+](C)(C)C)C(O)/C=C/CCCCCCCCCCCCCCCCCCCCCCCCCCC. The van der Waals surface area contributed by atoms with Gasteiger partial charge in [0.15, 0.2) is 0 Å². The fourth-order valence-corrected chi connectivity index (χ4v) is 11.2. The van der Waals surface area contributed by atoms with Crippen LogP contribution in [-0.4, -0.2) is 73.4 Å². The summed E-state index contributed by atoms with van der Waals surface area (Å²) >= 11 is 0. The van der Waals surface area contributed by atoms with Gasteiger partial charge in [0.1, 0.15) is 13.2 Å². The normalized spacial score (nSPS) is 14.1. The molecule has 0 aromatic rings. The number of rotatable bonds is 65. The molecule has 0 rings (SSSR count). The Morgan fingerprint density at radius 2 is 0.732 bits per heavy atom. The Morgan fingerprint density at radius 1 is 0.427 bits per heavy atom. The van der Waals surface area contributed by atoms with E-state index in [2.05, 4.69) is 79.9 Å². The molecule has 8 nitrogen and oxygen atoms in total. The van der Waals surface area contributed by atoms with Crippen molar-refractivity contribution in [1.82, 2.24) is 5.32 Å². The Morgan fingerprint density at radius 3 is 1.07 bits per heavy atom. The summed E-state index contributed by atoms with van der Waals surface area (Å²) in [5.74, 6) is -0.173. The second-order valence-corrected chi connectivity index (χ2v) is 26.7. The van der Waals surface area contributed by atoms with Crippen molar-refractivity contribution >= 4 is 13.7 Å². The topological polar surface area (TPSA) is 105 Å². The summed E-state index contributed by atoms with van der Waals surface area (Å²) in [6.45, 7) is 4.75. The Bertz CT molecular complexity index is 1570. The zero-order valence-electron chi connectivity index (χ0n) is 55.0. The zero-order valence-corrected chi connectivity index (χ0v) is 55.9. The van der Waals surface area contributed by atoms with Crippen LogP contribution in [0.3, 0.4) is 0 Å². The van der Waals surface area contributed by atoms with Crippen molar-refractivity contribution in [3.63, 3.8) is 0 Å². The maximum atomic E-state index is 13.1. The summed E-state index contributed by atoms with van der Waals surface area (Å²) in [6, 6.07) is -0.850. The number of hydrogen-bond donors (Lipinski definition) is 3. The van der Waals surface area contributed by atoms with Gasteiger partial charge in [-0.2, -0.15) is 0 Å². The van der Waals surface area contributed by atoms with Gasteiger partial charge >= 0.3 is 7.82 Å². The van der Waals surface area contributed by atoms with Crippen molar-refractivity contribution in [2.45, 2.75) is 347 Å². The lowest BCUT2D eigenvalue weighted by Gasteiger charge is -2.25. The van der Waals surface area contributed by atoms with Gasteiger partial charge in [-0.1, -0.05) is 337 Å². The summed E-state index contributed by atoms with van der Waals surface area (Å²) in [7, 11) is 1.58. The van der Waals surface area contributed by atoms with Crippen LogP contribution < -0.4 is 5.32 Å². The molecule has 9 heteroatoms. The van der Waals surface area contributed by atoms with E-state index in [9.17, 15) is 19.4 Å². The van der Waals surface area contributed by atoms with Crippen LogP contribution in [-0.2, 0) is 18.4 Å². The van der Waals surface area contributed by atoms with Crippen LogP contribution in [0.5, 0.6) is 0 Å². The number of carbonyl (C=O) groups excluding carboxylic acids is 1. The molecule has 0 aliphatic rings. The number of nitrogens with zero attached hydrogens (tertiary/aromatic N) is 1. The van der Waals surface area contributed by atoms with Crippen LogP contribution in [0.4, 0.5) is 0 Å². The number of aliphatic hydroxyl groups excluding tert-OH is 1. The van der Waals surface area contributed by atoms with E-state index in [-0.39, 0.29) is 19.1 Å². The van der Waals surface area contributed by atoms with E-state index in [1.807, 2.05) is 27.2 Å². The van der Waals surface area contributed by atoms with Crippen molar-refractivity contribution in [1.29, 1.82) is 0 Å². The first-order chi connectivity index (χ1) is 40.0. The predicted molar refractivity (Wildman–Crippen MR) is 360 cm³/mol. The molecule has 0 heterocycles. The molecule has 0 saturated carbocycles. The lowest BCUT2D eigenvalue weighted by Crippen LogP contribution is -2.45. The smallest absolute Gasteiger partial charge is 0.387 e. The van der Waals surface area contributed by atoms with Crippen molar-refractivity contribution in [2.75, 3.05) is 40.9 Å². The molecule has 480 valence electrons. The molecule has 0 aliphatic carbocycles. The molecular weight excluding hydrogens is 1030 g/mol. The molecule has 3 atom stereocenters. The Labute approximate surface area is 510 Å². The maximum Gasteiger partial charge on any atom is 0.472 e. The van der Waals surface area contributed by atoms with E-state index in [0.717, 1.165) is 70.6 Å². The minimum Gasteiger partial charge on any atom is -0.387 e. The highest BCUT2D eigenvalue weighted by molar-refractivity contribution is 7.47. The Kier molecular flexibility index (Phi) is 61.8. The molecule has 0 bridgehead atoms. The number of likely N-dealkylation sites (N-methyl/N-ethyl adjacent to an activating group) is 1. The maximum absolute atomic E-state index is 13.1. The molecule has 1 amide bonds. The molecule has 3 N–H and O–H groups in total. The standard InChI is InChI=1S/C73H137N2O6P/c1-6-8-10-12-14-16-18-20-22-24-26-28-30-32-34-35-36-37-38-39-41-43-45-47-49-51-53-55-57-59-61-63-65-67-73(77)74-71(70-81-82(78,79)80-69-68-75(3,4)5)72(76)66-64-62-60-58-56-54-52-50-48-46-44-42-40-33-31-29-27-25-23-21-19-17-15-13-11-9-7-2/h8,10,14,16,20,22,26,28,32,34,64,66,71-72,76H,6-7,9,11-13,15,17-19,21,23-25,27,29-31,33,35-63,65,67-70H2,1-5H3,(H-,74,77,78,79)/p+1/b10-8-,16-14-,22-20-,28-26-,34-32-,66-64+. The van der Waals surface area contributed by atoms with Gasteiger partial charge in [-0.25, -0.2) is 4.57 Å². The zero-order chi connectivity index (χ0) is 59.8. The molecule has 0 fully saturated rings. The Hall–Kier alpha value is -2.06. The number of hydrogen-bond acceptors (Lipinski definition) is 5. The summed E-state index contributed by atoms with van der Waals surface area (Å²) in [5.41, 5.74) is 0. The second-order valence-electron chi connectivity index (χ2n) is 25.2. The van der Waals surface area contributed by atoms with E-state index < -0.39 is 20.0 Å². The molecule has 0 spiro atoms.